The Bertz CT molecular complexity index is 1020. The number of nitrogens with zero attached hydrogens (tertiary/aromatic N) is 2. The fourth-order valence-electron chi connectivity index (χ4n) is 2.83. The highest BCUT2D eigenvalue weighted by Gasteiger charge is 2.13. The first kappa shape index (κ1) is 17.5. The van der Waals surface area contributed by atoms with Crippen molar-refractivity contribution in [3.8, 4) is 33.9 Å². The van der Waals surface area contributed by atoms with E-state index in [1.54, 1.807) is 31.6 Å². The van der Waals surface area contributed by atoms with E-state index < -0.39 is 0 Å². The van der Waals surface area contributed by atoms with E-state index in [0.717, 1.165) is 33.3 Å². The number of nitrogens with one attached hydrogen (secondary N) is 1. The molecule has 26 heavy (non-hydrogen) atoms. The molecule has 0 aliphatic rings. The maximum Gasteiger partial charge on any atom is 0.221 e. The Morgan fingerprint density at radius 1 is 0.962 bits per heavy atom. The molecule has 0 spiro atoms. The number of hydrogen-bond donors (Lipinski definition) is 2. The van der Waals surface area contributed by atoms with Gasteiger partial charge in [0.1, 0.15) is 11.4 Å². The Morgan fingerprint density at radius 2 is 1.81 bits per heavy atom. The van der Waals surface area contributed by atoms with Crippen LogP contribution >= 0.6 is 0 Å². The number of hydrogen-bond acceptors (Lipinski definition) is 4. The highest BCUT2D eigenvalue weighted by atomic mass is 16.5. The zero-order chi connectivity index (χ0) is 18.5. The fraction of sp³-hybridized carbons (Fsp3) is 0.143. The van der Waals surface area contributed by atoms with Gasteiger partial charge in [-0.25, -0.2) is 9.97 Å². The summed E-state index contributed by atoms with van der Waals surface area (Å²) < 4.78 is 5.37. The van der Waals surface area contributed by atoms with Gasteiger partial charge in [0.15, 0.2) is 0 Å². The second-order valence-corrected chi connectivity index (χ2v) is 5.43. The second kappa shape index (κ2) is 7.70. The lowest BCUT2D eigenvalue weighted by molar-refractivity contribution is 0.400. The molecule has 0 bridgehead atoms. The predicted octanol–water partition coefficient (Wildman–Crippen LogP) is 5.03. The van der Waals surface area contributed by atoms with Crippen LogP contribution in [-0.4, -0.2) is 27.2 Å². The molecular formula is C21H21N3O2. The number of pyridine rings is 2. The topological polar surface area (TPSA) is 71.0 Å². The Kier molecular flexibility index (Phi) is 5.17. The van der Waals surface area contributed by atoms with Crippen LogP contribution in [0.15, 0.2) is 61.1 Å². The summed E-state index contributed by atoms with van der Waals surface area (Å²) in [6.07, 6.45) is 5.40. The standard InChI is InChI=1S/C19H15N3O2.C2H6/c1-24-19-15(6-3-7-20-19)17-11-22-18-16(17)9-13(10-21-18)12-4-2-5-14(23)8-12;1-2/h2-11,23H,1H3,(H,21,22);1-2H3. The Morgan fingerprint density at radius 3 is 2.58 bits per heavy atom. The summed E-state index contributed by atoms with van der Waals surface area (Å²) in [4.78, 5) is 11.9. The van der Waals surface area contributed by atoms with E-state index in [1.165, 1.54) is 0 Å². The number of aromatic amines is 1. The molecule has 1 aromatic carbocycles. The minimum atomic E-state index is 0.232. The molecule has 5 heteroatoms. The van der Waals surface area contributed by atoms with Gasteiger partial charge >= 0.3 is 0 Å². The summed E-state index contributed by atoms with van der Waals surface area (Å²) in [5.41, 5.74) is 4.52. The predicted molar refractivity (Wildman–Crippen MR) is 104 cm³/mol. The molecule has 0 radical (unpaired) electrons. The lowest BCUT2D eigenvalue weighted by atomic mass is 10.0. The van der Waals surface area contributed by atoms with Crippen molar-refractivity contribution in [2.24, 2.45) is 0 Å². The van der Waals surface area contributed by atoms with E-state index in [9.17, 15) is 5.11 Å². The van der Waals surface area contributed by atoms with Gasteiger partial charge in [-0.3, -0.25) is 0 Å². The van der Waals surface area contributed by atoms with Gasteiger partial charge in [0.05, 0.1) is 7.11 Å². The van der Waals surface area contributed by atoms with Gasteiger partial charge in [0.2, 0.25) is 5.88 Å². The zero-order valence-electron chi connectivity index (χ0n) is 15.0. The number of benzene rings is 1. The van der Waals surface area contributed by atoms with Crippen LogP contribution in [0.3, 0.4) is 0 Å². The van der Waals surface area contributed by atoms with Crippen LogP contribution < -0.4 is 4.74 Å². The molecule has 0 saturated carbocycles. The molecule has 0 aliphatic heterocycles. The lowest BCUT2D eigenvalue weighted by Gasteiger charge is -2.07. The maximum absolute atomic E-state index is 9.70. The molecule has 0 saturated heterocycles. The number of ether oxygens (including phenoxy) is 1. The van der Waals surface area contributed by atoms with E-state index in [1.807, 2.05) is 44.3 Å². The van der Waals surface area contributed by atoms with Crippen molar-refractivity contribution in [1.29, 1.82) is 0 Å². The molecule has 0 aliphatic carbocycles. The van der Waals surface area contributed by atoms with Crippen molar-refractivity contribution < 1.29 is 9.84 Å². The van der Waals surface area contributed by atoms with E-state index in [-0.39, 0.29) is 5.75 Å². The first-order valence-corrected chi connectivity index (χ1v) is 8.52. The highest BCUT2D eigenvalue weighted by Crippen LogP contribution is 2.35. The molecule has 4 aromatic rings. The van der Waals surface area contributed by atoms with Crippen LogP contribution in [0, 0.1) is 0 Å². The number of fused-ring (bicyclic) bond motifs is 1. The number of phenols is 1. The summed E-state index contributed by atoms with van der Waals surface area (Å²) in [5, 5.41) is 10.7. The van der Waals surface area contributed by atoms with Crippen molar-refractivity contribution >= 4 is 11.0 Å². The van der Waals surface area contributed by atoms with Gasteiger partial charge in [-0.05, 0) is 35.9 Å². The number of aromatic hydroxyl groups is 1. The van der Waals surface area contributed by atoms with Crippen molar-refractivity contribution in [1.82, 2.24) is 15.0 Å². The first-order chi connectivity index (χ1) is 12.8. The highest BCUT2D eigenvalue weighted by molar-refractivity contribution is 5.96. The molecule has 0 amide bonds. The van der Waals surface area contributed by atoms with E-state index in [4.69, 9.17) is 4.74 Å². The van der Waals surface area contributed by atoms with Gasteiger partial charge in [0.25, 0.3) is 0 Å². The minimum absolute atomic E-state index is 0.232. The molecule has 0 atom stereocenters. The Labute approximate surface area is 152 Å². The first-order valence-electron chi connectivity index (χ1n) is 8.52. The number of phenolic OH excluding ortho intramolecular Hbond substituents is 1. The smallest absolute Gasteiger partial charge is 0.221 e. The molecule has 3 heterocycles. The molecular weight excluding hydrogens is 326 g/mol. The molecule has 4 rings (SSSR count). The van der Waals surface area contributed by atoms with Gasteiger partial charge < -0.3 is 14.8 Å². The lowest BCUT2D eigenvalue weighted by Crippen LogP contribution is -1.90. The minimum Gasteiger partial charge on any atom is -0.508 e. The maximum atomic E-state index is 9.70. The zero-order valence-corrected chi connectivity index (χ0v) is 15.0. The van der Waals surface area contributed by atoms with E-state index in [0.29, 0.717) is 5.88 Å². The third-order valence-electron chi connectivity index (χ3n) is 3.97. The average molecular weight is 347 g/mol. The summed E-state index contributed by atoms with van der Waals surface area (Å²) in [7, 11) is 1.61. The van der Waals surface area contributed by atoms with Crippen LogP contribution in [0.1, 0.15) is 13.8 Å². The normalized spacial score (nSPS) is 10.3. The Hall–Kier alpha value is -3.34. The molecule has 5 nitrogen and oxygen atoms in total. The quantitative estimate of drug-likeness (QED) is 0.545. The third-order valence-corrected chi connectivity index (χ3v) is 3.97. The number of methoxy groups -OCH3 is 1. The summed E-state index contributed by atoms with van der Waals surface area (Å²) in [5.74, 6) is 0.803. The van der Waals surface area contributed by atoms with Crippen LogP contribution in [0.4, 0.5) is 0 Å². The number of aromatic nitrogens is 3. The van der Waals surface area contributed by atoms with Crippen molar-refractivity contribution in [3.05, 3.63) is 61.1 Å². The number of H-pyrrole nitrogens is 1. The van der Waals surface area contributed by atoms with Crippen molar-refractivity contribution in [2.45, 2.75) is 13.8 Å². The van der Waals surface area contributed by atoms with Crippen molar-refractivity contribution in [3.63, 3.8) is 0 Å². The molecule has 0 unspecified atom stereocenters. The molecule has 2 N–H and O–H groups in total. The van der Waals surface area contributed by atoms with E-state index >= 15 is 0 Å². The van der Waals surface area contributed by atoms with Gasteiger partial charge in [-0.2, -0.15) is 0 Å². The summed E-state index contributed by atoms with van der Waals surface area (Å²) in [6, 6.07) is 13.0. The summed E-state index contributed by atoms with van der Waals surface area (Å²) >= 11 is 0. The van der Waals surface area contributed by atoms with Crippen LogP contribution in [-0.2, 0) is 0 Å². The molecule has 132 valence electrons. The monoisotopic (exact) mass is 347 g/mol. The SMILES string of the molecule is CC.COc1ncccc1-c1c[nH]c2ncc(-c3cccc(O)c3)cc12. The van der Waals surface area contributed by atoms with Gasteiger partial charge in [-0.1, -0.05) is 26.0 Å². The van der Waals surface area contributed by atoms with Crippen LogP contribution in [0.5, 0.6) is 11.6 Å². The van der Waals surface area contributed by atoms with E-state index in [2.05, 4.69) is 21.0 Å². The van der Waals surface area contributed by atoms with Crippen LogP contribution in [0.25, 0.3) is 33.3 Å². The van der Waals surface area contributed by atoms with Gasteiger partial charge in [-0.15, -0.1) is 0 Å². The second-order valence-electron chi connectivity index (χ2n) is 5.43. The van der Waals surface area contributed by atoms with Crippen LogP contribution in [0.2, 0.25) is 0 Å². The van der Waals surface area contributed by atoms with Gasteiger partial charge in [0, 0.05) is 40.7 Å². The average Bonchev–Trinajstić information content (AvgIpc) is 3.12. The number of rotatable bonds is 3. The third kappa shape index (κ3) is 3.24. The molecule has 0 fully saturated rings. The Balaban J connectivity index is 0.000000948. The fourth-order valence-corrected chi connectivity index (χ4v) is 2.83. The summed E-state index contributed by atoms with van der Waals surface area (Å²) in [6.45, 7) is 4.00. The van der Waals surface area contributed by atoms with Crippen molar-refractivity contribution in [2.75, 3.05) is 7.11 Å². The largest absolute Gasteiger partial charge is 0.508 e. The molecule has 3 aromatic heterocycles.